The number of amides is 1. The molecule has 5 heteroatoms. The van der Waals surface area contributed by atoms with E-state index in [1.807, 2.05) is 41.9 Å². The summed E-state index contributed by atoms with van der Waals surface area (Å²) in [7, 11) is 1.83. The van der Waals surface area contributed by atoms with E-state index in [2.05, 4.69) is 5.32 Å². The predicted octanol–water partition coefficient (Wildman–Crippen LogP) is 3.17. The molecule has 1 aromatic heterocycles. The van der Waals surface area contributed by atoms with Gasteiger partial charge in [0.25, 0.3) is 5.91 Å². The van der Waals surface area contributed by atoms with Crippen LogP contribution in [0.25, 0.3) is 10.9 Å². The number of halogens is 1. The van der Waals surface area contributed by atoms with Crippen molar-refractivity contribution in [1.82, 2.24) is 9.88 Å². The van der Waals surface area contributed by atoms with E-state index in [0.29, 0.717) is 11.3 Å². The second-order valence-corrected chi connectivity index (χ2v) is 5.91. The van der Waals surface area contributed by atoms with Crippen LogP contribution in [0.2, 0.25) is 0 Å². The zero-order chi connectivity index (χ0) is 17.3. The molecule has 24 heavy (non-hydrogen) atoms. The summed E-state index contributed by atoms with van der Waals surface area (Å²) >= 11 is 0. The topological polar surface area (TPSA) is 54.3 Å². The number of fused-ring (bicyclic) bond motifs is 1. The predicted molar refractivity (Wildman–Crippen MR) is 91.2 cm³/mol. The highest BCUT2D eigenvalue weighted by Gasteiger charge is 2.21. The van der Waals surface area contributed by atoms with Crippen molar-refractivity contribution in [1.29, 1.82) is 0 Å². The molecule has 2 atom stereocenters. The Morgan fingerprint density at radius 3 is 2.50 bits per heavy atom. The number of hydrogen-bond acceptors (Lipinski definition) is 2. The van der Waals surface area contributed by atoms with Crippen molar-refractivity contribution >= 4 is 16.8 Å². The summed E-state index contributed by atoms with van der Waals surface area (Å²) in [5.41, 5.74) is 2.05. The van der Waals surface area contributed by atoms with Gasteiger partial charge in [-0.1, -0.05) is 30.3 Å². The number of nitrogens with zero attached hydrogens (tertiary/aromatic N) is 1. The summed E-state index contributed by atoms with van der Waals surface area (Å²) in [4.78, 5) is 12.5. The Morgan fingerprint density at radius 2 is 1.83 bits per heavy atom. The van der Waals surface area contributed by atoms with Gasteiger partial charge in [-0.15, -0.1) is 0 Å². The Hall–Kier alpha value is -2.66. The molecule has 0 aliphatic rings. The largest absolute Gasteiger partial charge is 0.386 e. The number of nitrogens with one attached hydrogen (secondary N) is 1. The standard InChI is InChI=1S/C19H19FN2O2/c1-12(18(23)13-7-9-15(20)10-8-13)21-19(24)17-11-14-5-3-4-6-16(14)22(17)2/h3-12,18,23H,1-2H3,(H,21,24). The minimum atomic E-state index is -0.913. The molecule has 4 nitrogen and oxygen atoms in total. The van der Waals surface area contributed by atoms with Gasteiger partial charge in [-0.3, -0.25) is 4.79 Å². The lowest BCUT2D eigenvalue weighted by Crippen LogP contribution is -2.37. The van der Waals surface area contributed by atoms with Gasteiger partial charge in [-0.05, 0) is 36.8 Å². The third-order valence-corrected chi connectivity index (χ3v) is 4.23. The zero-order valence-corrected chi connectivity index (χ0v) is 13.5. The molecule has 0 fully saturated rings. The number of carbonyl (C=O) groups excluding carboxylic acids is 1. The summed E-state index contributed by atoms with van der Waals surface area (Å²) in [6, 6.07) is 14.7. The third-order valence-electron chi connectivity index (χ3n) is 4.23. The van der Waals surface area contributed by atoms with Crippen molar-refractivity contribution in [3.8, 4) is 0 Å². The number of benzene rings is 2. The summed E-state index contributed by atoms with van der Waals surface area (Å²) in [5.74, 6) is -0.625. The lowest BCUT2D eigenvalue weighted by molar-refractivity contribution is 0.0844. The number of carbonyl (C=O) groups is 1. The molecular weight excluding hydrogens is 307 g/mol. The molecule has 0 spiro atoms. The molecule has 2 unspecified atom stereocenters. The Kier molecular flexibility index (Phi) is 4.36. The quantitative estimate of drug-likeness (QED) is 0.774. The lowest BCUT2D eigenvalue weighted by Gasteiger charge is -2.20. The molecule has 2 aromatic carbocycles. The highest BCUT2D eigenvalue weighted by molar-refractivity contribution is 5.98. The molecule has 0 saturated heterocycles. The van der Waals surface area contributed by atoms with Crippen molar-refractivity contribution in [2.24, 2.45) is 7.05 Å². The molecule has 0 bridgehead atoms. The van der Waals surface area contributed by atoms with Crippen LogP contribution in [-0.4, -0.2) is 21.6 Å². The normalized spacial score (nSPS) is 13.7. The molecule has 0 aliphatic heterocycles. The van der Waals surface area contributed by atoms with E-state index < -0.39 is 12.1 Å². The lowest BCUT2D eigenvalue weighted by atomic mass is 10.0. The Morgan fingerprint density at radius 1 is 1.17 bits per heavy atom. The molecule has 124 valence electrons. The summed E-state index contributed by atoms with van der Waals surface area (Å²) in [6.45, 7) is 1.72. The van der Waals surface area contributed by atoms with Crippen LogP contribution < -0.4 is 5.32 Å². The maximum absolute atomic E-state index is 13.0. The van der Waals surface area contributed by atoms with Crippen molar-refractivity contribution in [2.75, 3.05) is 0 Å². The maximum atomic E-state index is 13.0. The van der Waals surface area contributed by atoms with E-state index in [0.717, 1.165) is 10.9 Å². The molecule has 0 saturated carbocycles. The van der Waals surface area contributed by atoms with E-state index in [4.69, 9.17) is 0 Å². The monoisotopic (exact) mass is 326 g/mol. The van der Waals surface area contributed by atoms with Gasteiger partial charge in [0, 0.05) is 18.0 Å². The van der Waals surface area contributed by atoms with Gasteiger partial charge >= 0.3 is 0 Å². The number of aliphatic hydroxyl groups excluding tert-OH is 1. The van der Waals surface area contributed by atoms with Crippen LogP contribution in [-0.2, 0) is 7.05 Å². The minimum Gasteiger partial charge on any atom is -0.386 e. The van der Waals surface area contributed by atoms with Gasteiger partial charge < -0.3 is 15.0 Å². The van der Waals surface area contributed by atoms with E-state index >= 15 is 0 Å². The Bertz CT molecular complexity index is 871. The van der Waals surface area contributed by atoms with Gasteiger partial charge in [-0.2, -0.15) is 0 Å². The number of para-hydroxylation sites is 1. The molecule has 1 amide bonds. The van der Waals surface area contributed by atoms with Crippen LogP contribution in [0.4, 0.5) is 4.39 Å². The van der Waals surface area contributed by atoms with Crippen LogP contribution in [0.5, 0.6) is 0 Å². The first-order valence-electron chi connectivity index (χ1n) is 7.76. The van der Waals surface area contributed by atoms with E-state index in [1.165, 1.54) is 24.3 Å². The highest BCUT2D eigenvalue weighted by Crippen LogP contribution is 2.20. The van der Waals surface area contributed by atoms with Gasteiger partial charge in [0.05, 0.1) is 12.1 Å². The van der Waals surface area contributed by atoms with Crippen molar-refractivity contribution < 1.29 is 14.3 Å². The fourth-order valence-electron chi connectivity index (χ4n) is 2.82. The van der Waals surface area contributed by atoms with Crippen molar-refractivity contribution in [2.45, 2.75) is 19.1 Å². The first-order chi connectivity index (χ1) is 11.5. The average Bonchev–Trinajstić information content (AvgIpc) is 2.92. The minimum absolute atomic E-state index is 0.262. The Labute approximate surface area is 139 Å². The molecule has 2 N–H and O–H groups in total. The van der Waals surface area contributed by atoms with Crippen LogP contribution in [0.1, 0.15) is 29.1 Å². The molecule has 3 aromatic rings. The zero-order valence-electron chi connectivity index (χ0n) is 13.5. The fraction of sp³-hybridized carbons (Fsp3) is 0.211. The van der Waals surface area contributed by atoms with Gasteiger partial charge in [0.15, 0.2) is 0 Å². The maximum Gasteiger partial charge on any atom is 0.268 e. The second-order valence-electron chi connectivity index (χ2n) is 5.91. The molecular formula is C19H19FN2O2. The first kappa shape index (κ1) is 16.2. The number of hydrogen-bond donors (Lipinski definition) is 2. The van der Waals surface area contributed by atoms with Gasteiger partial charge in [-0.25, -0.2) is 4.39 Å². The van der Waals surface area contributed by atoms with Crippen LogP contribution in [0, 0.1) is 5.82 Å². The molecule has 3 rings (SSSR count). The van der Waals surface area contributed by atoms with Crippen molar-refractivity contribution in [3.05, 3.63) is 71.7 Å². The Balaban J connectivity index is 1.77. The van der Waals surface area contributed by atoms with E-state index in [-0.39, 0.29) is 11.7 Å². The highest BCUT2D eigenvalue weighted by atomic mass is 19.1. The smallest absolute Gasteiger partial charge is 0.268 e. The van der Waals surface area contributed by atoms with Crippen LogP contribution in [0.3, 0.4) is 0 Å². The number of aryl methyl sites for hydroxylation is 1. The van der Waals surface area contributed by atoms with Crippen LogP contribution in [0.15, 0.2) is 54.6 Å². The van der Waals surface area contributed by atoms with Crippen LogP contribution >= 0.6 is 0 Å². The first-order valence-corrected chi connectivity index (χ1v) is 7.76. The van der Waals surface area contributed by atoms with Gasteiger partial charge in [0.2, 0.25) is 0 Å². The number of rotatable bonds is 4. The molecule has 0 aliphatic carbocycles. The van der Waals surface area contributed by atoms with Gasteiger partial charge in [0.1, 0.15) is 11.5 Å². The summed E-state index contributed by atoms with van der Waals surface area (Å²) in [5, 5.41) is 14.1. The third kappa shape index (κ3) is 3.03. The summed E-state index contributed by atoms with van der Waals surface area (Å²) < 4.78 is 14.8. The SMILES string of the molecule is CC(NC(=O)c1cc2ccccc2n1C)C(O)c1ccc(F)cc1. The fourth-order valence-corrected chi connectivity index (χ4v) is 2.82. The molecule has 1 heterocycles. The van der Waals surface area contributed by atoms with E-state index in [9.17, 15) is 14.3 Å². The van der Waals surface area contributed by atoms with E-state index in [1.54, 1.807) is 6.92 Å². The number of aliphatic hydroxyl groups is 1. The summed E-state index contributed by atoms with van der Waals surface area (Å²) in [6.07, 6.45) is -0.913. The second kappa shape index (κ2) is 6.45. The average molecular weight is 326 g/mol. The molecule has 0 radical (unpaired) electrons. The van der Waals surface area contributed by atoms with Crippen molar-refractivity contribution in [3.63, 3.8) is 0 Å². The number of aromatic nitrogens is 1.